The van der Waals surface area contributed by atoms with Gasteiger partial charge in [-0.1, -0.05) is 0 Å². The van der Waals surface area contributed by atoms with Gasteiger partial charge in [-0.25, -0.2) is 4.79 Å². The normalized spacial score (nSPS) is 19.7. The number of methoxy groups -OCH3 is 1. The fourth-order valence-electron chi connectivity index (χ4n) is 0.968. The van der Waals surface area contributed by atoms with E-state index in [2.05, 4.69) is 14.8 Å². The van der Waals surface area contributed by atoms with Gasteiger partial charge in [-0.3, -0.25) is 0 Å². The highest BCUT2D eigenvalue weighted by atomic mass is 19.4. The Morgan fingerprint density at radius 3 is 2.57 bits per heavy atom. The largest absolute Gasteiger partial charge is 0.477 e. The van der Waals surface area contributed by atoms with Gasteiger partial charge in [0.25, 0.3) is 0 Å². The third kappa shape index (κ3) is 2.09. The van der Waals surface area contributed by atoms with Crippen LogP contribution in [-0.2, 0) is 14.3 Å². The van der Waals surface area contributed by atoms with Crippen molar-refractivity contribution in [2.75, 3.05) is 20.3 Å². The van der Waals surface area contributed by atoms with Crippen LogP contribution < -0.4 is 5.32 Å². The lowest BCUT2D eigenvalue weighted by molar-refractivity contribution is -0.149. The molecule has 0 amide bonds. The summed E-state index contributed by atoms with van der Waals surface area (Å²) in [6.45, 7) is 0.345. The molecule has 0 aromatic rings. The third-order valence-corrected chi connectivity index (χ3v) is 1.53. The molecule has 14 heavy (non-hydrogen) atoms. The smallest absolute Gasteiger partial charge is 0.428 e. The van der Waals surface area contributed by atoms with E-state index in [1.54, 1.807) is 0 Å². The molecular formula is C7H8F3NO3. The predicted molar refractivity (Wildman–Crippen MR) is 39.1 cm³/mol. The van der Waals surface area contributed by atoms with Crippen molar-refractivity contribution in [2.24, 2.45) is 0 Å². The van der Waals surface area contributed by atoms with Crippen LogP contribution in [0.5, 0.6) is 0 Å². The Morgan fingerprint density at radius 2 is 2.21 bits per heavy atom. The summed E-state index contributed by atoms with van der Waals surface area (Å²) in [5, 5.41) is 2.32. The lowest BCUT2D eigenvalue weighted by Crippen LogP contribution is -2.26. The Bertz CT molecular complexity index is 264. The molecule has 0 unspecified atom stereocenters. The summed E-state index contributed by atoms with van der Waals surface area (Å²) in [6, 6.07) is 0. The van der Waals surface area contributed by atoms with Crippen molar-refractivity contribution in [3.63, 3.8) is 0 Å². The van der Waals surface area contributed by atoms with Crippen LogP contribution >= 0.6 is 0 Å². The highest BCUT2D eigenvalue weighted by Gasteiger charge is 2.44. The number of ether oxygens (including phenoxy) is 2. The van der Waals surface area contributed by atoms with Crippen molar-refractivity contribution in [2.45, 2.75) is 6.18 Å². The minimum Gasteiger partial charge on any atom is -0.477 e. The number of carbonyl (C=O) groups is 1. The number of esters is 1. The molecule has 0 atom stereocenters. The highest BCUT2D eigenvalue weighted by Crippen LogP contribution is 2.29. The zero-order valence-corrected chi connectivity index (χ0v) is 7.27. The predicted octanol–water partition coefficient (Wildman–Crippen LogP) is 0.553. The minimum atomic E-state index is -4.78. The number of hydrogen-bond donors (Lipinski definition) is 1. The zero-order valence-electron chi connectivity index (χ0n) is 7.27. The molecule has 1 rings (SSSR count). The fourth-order valence-corrected chi connectivity index (χ4v) is 0.968. The Labute approximate surface area is 77.7 Å². The van der Waals surface area contributed by atoms with E-state index in [4.69, 9.17) is 0 Å². The average Bonchev–Trinajstić information content (AvgIpc) is 2.54. The molecule has 7 heteroatoms. The van der Waals surface area contributed by atoms with Crippen molar-refractivity contribution in [3.8, 4) is 0 Å². The summed E-state index contributed by atoms with van der Waals surface area (Å²) in [6.07, 6.45) is -4.78. The first kappa shape index (κ1) is 10.7. The monoisotopic (exact) mass is 211 g/mol. The van der Waals surface area contributed by atoms with Crippen molar-refractivity contribution < 1.29 is 27.4 Å². The van der Waals surface area contributed by atoms with E-state index < -0.39 is 23.6 Å². The minimum absolute atomic E-state index is 0.103. The van der Waals surface area contributed by atoms with Crippen LogP contribution in [0.25, 0.3) is 0 Å². The maximum Gasteiger partial charge on any atom is 0.428 e. The highest BCUT2D eigenvalue weighted by molar-refractivity contribution is 5.90. The molecule has 0 bridgehead atoms. The molecule has 4 nitrogen and oxygen atoms in total. The van der Waals surface area contributed by atoms with Crippen molar-refractivity contribution in [1.82, 2.24) is 5.32 Å². The lowest BCUT2D eigenvalue weighted by Gasteiger charge is -2.11. The van der Waals surface area contributed by atoms with E-state index in [-0.39, 0.29) is 13.2 Å². The molecular weight excluding hydrogens is 203 g/mol. The number of rotatable bonds is 1. The Morgan fingerprint density at radius 1 is 1.57 bits per heavy atom. The van der Waals surface area contributed by atoms with Gasteiger partial charge in [-0.15, -0.1) is 0 Å². The molecule has 0 aromatic heterocycles. The Balaban J connectivity index is 3.04. The molecule has 0 spiro atoms. The van der Waals surface area contributed by atoms with Gasteiger partial charge in [-0.05, 0) is 0 Å². The van der Waals surface area contributed by atoms with Crippen LogP contribution in [-0.4, -0.2) is 32.4 Å². The van der Waals surface area contributed by atoms with Crippen LogP contribution in [0.4, 0.5) is 13.2 Å². The van der Waals surface area contributed by atoms with Gasteiger partial charge < -0.3 is 14.8 Å². The lowest BCUT2D eigenvalue weighted by atomic mass is 10.2. The average molecular weight is 211 g/mol. The number of nitrogens with one attached hydrogen (secondary N) is 1. The van der Waals surface area contributed by atoms with E-state index in [0.29, 0.717) is 0 Å². The van der Waals surface area contributed by atoms with Gasteiger partial charge in [0.15, 0.2) is 5.57 Å². The zero-order chi connectivity index (χ0) is 10.8. The SMILES string of the molecule is COC(=O)/C(=C1/NCCO1)C(F)(F)F. The standard InChI is InChI=1S/C7H8F3NO3/c1-13-6(12)4(7(8,9)10)5-11-2-3-14-5/h11H,2-3H2,1H3/b5-4+. The molecule has 0 saturated carbocycles. The molecule has 1 aliphatic rings. The quantitative estimate of drug-likeness (QED) is 0.508. The molecule has 1 aliphatic heterocycles. The summed E-state index contributed by atoms with van der Waals surface area (Å²) in [5.74, 6) is -2.02. The molecule has 1 N–H and O–H groups in total. The molecule has 1 saturated heterocycles. The Hall–Kier alpha value is -1.40. The van der Waals surface area contributed by atoms with Crippen LogP contribution in [0.3, 0.4) is 0 Å². The Kier molecular flexibility index (Phi) is 2.87. The van der Waals surface area contributed by atoms with Crippen LogP contribution in [0.1, 0.15) is 0 Å². The second-order valence-corrected chi connectivity index (χ2v) is 2.47. The second-order valence-electron chi connectivity index (χ2n) is 2.47. The van der Waals surface area contributed by atoms with Crippen molar-refractivity contribution in [1.29, 1.82) is 0 Å². The van der Waals surface area contributed by atoms with E-state index in [0.717, 1.165) is 7.11 Å². The summed E-state index contributed by atoms with van der Waals surface area (Å²) >= 11 is 0. The van der Waals surface area contributed by atoms with Crippen LogP contribution in [0, 0.1) is 0 Å². The van der Waals surface area contributed by atoms with Crippen LogP contribution in [0.15, 0.2) is 11.5 Å². The molecule has 0 aliphatic carbocycles. The summed E-state index contributed by atoms with van der Waals surface area (Å²) in [5.41, 5.74) is -1.43. The van der Waals surface area contributed by atoms with E-state index in [9.17, 15) is 18.0 Å². The maximum atomic E-state index is 12.3. The number of alkyl halides is 3. The summed E-state index contributed by atoms with van der Waals surface area (Å²) in [7, 11) is 0.879. The number of hydrogen-bond acceptors (Lipinski definition) is 4. The molecule has 0 aromatic carbocycles. The third-order valence-electron chi connectivity index (χ3n) is 1.53. The summed E-state index contributed by atoms with van der Waals surface area (Å²) < 4.78 is 45.6. The van der Waals surface area contributed by atoms with Gasteiger partial charge in [-0.2, -0.15) is 13.2 Å². The van der Waals surface area contributed by atoms with Gasteiger partial charge >= 0.3 is 12.1 Å². The number of halogens is 3. The summed E-state index contributed by atoms with van der Waals surface area (Å²) in [4.78, 5) is 10.8. The van der Waals surface area contributed by atoms with Gasteiger partial charge in [0.2, 0.25) is 5.88 Å². The maximum absolute atomic E-state index is 12.3. The van der Waals surface area contributed by atoms with E-state index >= 15 is 0 Å². The first-order chi connectivity index (χ1) is 6.46. The first-order valence-corrected chi connectivity index (χ1v) is 3.73. The molecule has 0 radical (unpaired) electrons. The van der Waals surface area contributed by atoms with Gasteiger partial charge in [0.1, 0.15) is 6.61 Å². The van der Waals surface area contributed by atoms with Gasteiger partial charge in [0, 0.05) is 0 Å². The topological polar surface area (TPSA) is 47.6 Å². The molecule has 1 fully saturated rings. The van der Waals surface area contributed by atoms with Crippen molar-refractivity contribution >= 4 is 5.97 Å². The first-order valence-electron chi connectivity index (χ1n) is 3.73. The van der Waals surface area contributed by atoms with E-state index in [1.807, 2.05) is 0 Å². The van der Waals surface area contributed by atoms with Gasteiger partial charge in [0.05, 0.1) is 13.7 Å². The van der Waals surface area contributed by atoms with Crippen molar-refractivity contribution in [3.05, 3.63) is 11.5 Å². The fraction of sp³-hybridized carbons (Fsp3) is 0.571. The second kappa shape index (κ2) is 3.77. The number of carbonyl (C=O) groups excluding carboxylic acids is 1. The van der Waals surface area contributed by atoms with E-state index in [1.165, 1.54) is 0 Å². The van der Waals surface area contributed by atoms with Crippen LogP contribution in [0.2, 0.25) is 0 Å². The molecule has 80 valence electrons. The molecule has 1 heterocycles.